The molecule has 0 saturated carbocycles. The van der Waals surface area contributed by atoms with Crippen LogP contribution >= 0.6 is 0 Å². The molecule has 0 spiro atoms. The normalized spacial score (nSPS) is 11.6. The Morgan fingerprint density at radius 2 is 1.65 bits per heavy atom. The van der Waals surface area contributed by atoms with Crippen molar-refractivity contribution < 1.29 is 0 Å². The van der Waals surface area contributed by atoms with E-state index < -0.39 is 0 Å². The van der Waals surface area contributed by atoms with Gasteiger partial charge in [0.2, 0.25) is 0 Å². The summed E-state index contributed by atoms with van der Waals surface area (Å²) in [5.41, 5.74) is 5.78. The van der Waals surface area contributed by atoms with Gasteiger partial charge in [0.1, 0.15) is 0 Å². The van der Waals surface area contributed by atoms with Crippen LogP contribution in [0.4, 0.5) is 0 Å². The number of aromatic nitrogens is 1. The highest BCUT2D eigenvalue weighted by Crippen LogP contribution is 2.26. The van der Waals surface area contributed by atoms with Gasteiger partial charge in [0.15, 0.2) is 0 Å². The van der Waals surface area contributed by atoms with Crippen LogP contribution in [0.3, 0.4) is 0 Å². The largest absolute Gasteiger partial charge is 0.344 e. The minimum Gasteiger partial charge on any atom is -0.344 e. The number of nitrogens with zero attached hydrogens (tertiary/aromatic N) is 1. The average Bonchev–Trinajstić information content (AvgIpc) is 2.68. The first-order chi connectivity index (χ1) is 9.49. The molecule has 0 unspecified atom stereocenters. The summed E-state index contributed by atoms with van der Waals surface area (Å²) in [7, 11) is 0. The molecule has 20 heavy (non-hydrogen) atoms. The maximum absolute atomic E-state index is 2.50. The van der Waals surface area contributed by atoms with Crippen molar-refractivity contribution in [2.75, 3.05) is 0 Å². The molecule has 1 nitrogen and oxygen atoms in total. The second-order valence-electron chi connectivity index (χ2n) is 6.50. The SMILES string of the molecule is Cc1c(C(C)C)cc(CC(C)C)n1Cc1ccccc1. The molecule has 1 aromatic carbocycles. The van der Waals surface area contributed by atoms with E-state index in [1.165, 1.54) is 22.5 Å². The average molecular weight is 269 g/mol. The first-order valence-corrected chi connectivity index (χ1v) is 7.71. The third-order valence-electron chi connectivity index (χ3n) is 3.91. The zero-order valence-corrected chi connectivity index (χ0v) is 13.5. The van der Waals surface area contributed by atoms with Crippen molar-refractivity contribution in [3.8, 4) is 0 Å². The lowest BCUT2D eigenvalue weighted by atomic mass is 10.0. The van der Waals surface area contributed by atoms with Gasteiger partial charge in [-0.3, -0.25) is 0 Å². The summed E-state index contributed by atoms with van der Waals surface area (Å²) >= 11 is 0. The Kier molecular flexibility index (Phi) is 4.69. The molecule has 108 valence electrons. The lowest BCUT2D eigenvalue weighted by Crippen LogP contribution is -2.08. The summed E-state index contributed by atoms with van der Waals surface area (Å²) in [6, 6.07) is 13.2. The molecule has 1 heteroatoms. The highest BCUT2D eigenvalue weighted by atomic mass is 15.0. The van der Waals surface area contributed by atoms with Gasteiger partial charge < -0.3 is 4.57 Å². The van der Waals surface area contributed by atoms with Crippen LogP contribution in [0.1, 0.15) is 56.1 Å². The number of benzene rings is 1. The molecule has 0 radical (unpaired) electrons. The van der Waals surface area contributed by atoms with E-state index in [0.717, 1.165) is 13.0 Å². The molecule has 0 atom stereocenters. The van der Waals surface area contributed by atoms with Crippen LogP contribution in [0, 0.1) is 12.8 Å². The predicted molar refractivity (Wildman–Crippen MR) is 87.3 cm³/mol. The van der Waals surface area contributed by atoms with Crippen molar-refractivity contribution in [2.45, 2.75) is 53.5 Å². The smallest absolute Gasteiger partial charge is 0.0475 e. The van der Waals surface area contributed by atoms with Gasteiger partial charge >= 0.3 is 0 Å². The second kappa shape index (κ2) is 6.30. The van der Waals surface area contributed by atoms with Gasteiger partial charge in [-0.05, 0) is 42.4 Å². The van der Waals surface area contributed by atoms with Crippen molar-refractivity contribution >= 4 is 0 Å². The van der Waals surface area contributed by atoms with E-state index in [1.54, 1.807) is 0 Å². The number of rotatable bonds is 5. The molecule has 2 aromatic rings. The fraction of sp³-hybridized carbons (Fsp3) is 0.474. The van der Waals surface area contributed by atoms with E-state index in [1.807, 2.05) is 0 Å². The molecule has 0 aliphatic rings. The molecular weight excluding hydrogens is 242 g/mol. The second-order valence-corrected chi connectivity index (χ2v) is 6.50. The standard InChI is InChI=1S/C19H27N/c1-14(2)11-18-12-19(15(3)4)16(5)20(18)13-17-9-7-6-8-10-17/h6-10,12,14-15H,11,13H2,1-5H3. The van der Waals surface area contributed by atoms with E-state index in [2.05, 4.69) is 75.6 Å². The maximum Gasteiger partial charge on any atom is 0.0475 e. The molecule has 0 saturated heterocycles. The van der Waals surface area contributed by atoms with Crippen molar-refractivity contribution in [1.29, 1.82) is 0 Å². The summed E-state index contributed by atoms with van der Waals surface area (Å²) in [5, 5.41) is 0. The zero-order valence-electron chi connectivity index (χ0n) is 13.5. The quantitative estimate of drug-likeness (QED) is 0.706. The van der Waals surface area contributed by atoms with Gasteiger partial charge in [-0.1, -0.05) is 58.0 Å². The Morgan fingerprint density at radius 1 is 1.00 bits per heavy atom. The van der Waals surface area contributed by atoms with Gasteiger partial charge in [-0.25, -0.2) is 0 Å². The van der Waals surface area contributed by atoms with E-state index in [9.17, 15) is 0 Å². The molecule has 0 amide bonds. The molecule has 1 aromatic heterocycles. The molecule has 0 fully saturated rings. The lowest BCUT2D eigenvalue weighted by Gasteiger charge is -2.14. The highest BCUT2D eigenvalue weighted by Gasteiger charge is 2.15. The molecule has 0 bridgehead atoms. The van der Waals surface area contributed by atoms with Crippen LogP contribution in [0.15, 0.2) is 36.4 Å². The molecule has 1 heterocycles. The zero-order chi connectivity index (χ0) is 14.7. The summed E-state index contributed by atoms with van der Waals surface area (Å²) < 4.78 is 2.50. The minimum atomic E-state index is 0.595. The molecule has 0 aliphatic heterocycles. The van der Waals surface area contributed by atoms with Crippen LogP contribution < -0.4 is 0 Å². The maximum atomic E-state index is 2.50. The monoisotopic (exact) mass is 269 g/mol. The topological polar surface area (TPSA) is 4.93 Å². The summed E-state index contributed by atoms with van der Waals surface area (Å²) in [6.45, 7) is 12.4. The molecular formula is C19H27N. The fourth-order valence-corrected chi connectivity index (χ4v) is 2.89. The van der Waals surface area contributed by atoms with Crippen LogP contribution in [-0.2, 0) is 13.0 Å². The Hall–Kier alpha value is -1.50. The highest BCUT2D eigenvalue weighted by molar-refractivity contribution is 5.31. The third kappa shape index (κ3) is 3.33. The Bertz CT molecular complexity index is 547. The first kappa shape index (κ1) is 14.9. The van der Waals surface area contributed by atoms with Gasteiger partial charge in [-0.15, -0.1) is 0 Å². The molecule has 0 N–H and O–H groups in total. The molecule has 2 rings (SSSR count). The van der Waals surface area contributed by atoms with Gasteiger partial charge in [0.05, 0.1) is 0 Å². The Morgan fingerprint density at radius 3 is 2.20 bits per heavy atom. The van der Waals surface area contributed by atoms with E-state index in [4.69, 9.17) is 0 Å². The Balaban J connectivity index is 2.38. The number of hydrogen-bond acceptors (Lipinski definition) is 0. The van der Waals surface area contributed by atoms with Crippen molar-refractivity contribution in [2.24, 2.45) is 5.92 Å². The van der Waals surface area contributed by atoms with Crippen molar-refractivity contribution in [3.63, 3.8) is 0 Å². The number of hydrogen-bond donors (Lipinski definition) is 0. The summed E-state index contributed by atoms with van der Waals surface area (Å²) in [6.07, 6.45) is 1.15. The van der Waals surface area contributed by atoms with E-state index >= 15 is 0 Å². The molecule has 0 aliphatic carbocycles. The van der Waals surface area contributed by atoms with Gasteiger partial charge in [0, 0.05) is 17.9 Å². The van der Waals surface area contributed by atoms with E-state index in [0.29, 0.717) is 11.8 Å². The Labute approximate surface area is 123 Å². The van der Waals surface area contributed by atoms with E-state index in [-0.39, 0.29) is 0 Å². The van der Waals surface area contributed by atoms with Crippen LogP contribution in [0.5, 0.6) is 0 Å². The predicted octanol–water partition coefficient (Wildman–Crippen LogP) is 5.17. The van der Waals surface area contributed by atoms with Crippen LogP contribution in [0.25, 0.3) is 0 Å². The van der Waals surface area contributed by atoms with Crippen LogP contribution in [0.2, 0.25) is 0 Å². The lowest BCUT2D eigenvalue weighted by molar-refractivity contribution is 0.599. The fourth-order valence-electron chi connectivity index (χ4n) is 2.89. The van der Waals surface area contributed by atoms with Gasteiger partial charge in [-0.2, -0.15) is 0 Å². The minimum absolute atomic E-state index is 0.595. The van der Waals surface area contributed by atoms with Gasteiger partial charge in [0.25, 0.3) is 0 Å². The summed E-state index contributed by atoms with van der Waals surface area (Å²) in [5.74, 6) is 1.29. The van der Waals surface area contributed by atoms with Crippen LogP contribution in [-0.4, -0.2) is 4.57 Å². The van der Waals surface area contributed by atoms with Crippen molar-refractivity contribution in [3.05, 3.63) is 58.9 Å². The third-order valence-corrected chi connectivity index (χ3v) is 3.91. The first-order valence-electron chi connectivity index (χ1n) is 7.71. The van der Waals surface area contributed by atoms with Crippen molar-refractivity contribution in [1.82, 2.24) is 4.57 Å². The summed E-state index contributed by atoms with van der Waals surface area (Å²) in [4.78, 5) is 0.